The molecule has 0 saturated heterocycles. The lowest BCUT2D eigenvalue weighted by Crippen LogP contribution is -2.30. The summed E-state index contributed by atoms with van der Waals surface area (Å²) in [6.45, 7) is 6.73. The van der Waals surface area contributed by atoms with E-state index in [4.69, 9.17) is 4.42 Å². The summed E-state index contributed by atoms with van der Waals surface area (Å²) < 4.78 is 5.47. The van der Waals surface area contributed by atoms with Crippen LogP contribution in [0.15, 0.2) is 22.8 Å². The van der Waals surface area contributed by atoms with E-state index in [2.05, 4.69) is 32.2 Å². The molecule has 1 N–H and O–H groups in total. The Morgan fingerprint density at radius 2 is 2.06 bits per heavy atom. The first-order valence-corrected chi connectivity index (χ1v) is 7.07. The normalized spacial score (nSPS) is 14.8. The van der Waals surface area contributed by atoms with Gasteiger partial charge in [0.2, 0.25) is 0 Å². The van der Waals surface area contributed by atoms with Crippen LogP contribution in [0.4, 0.5) is 0 Å². The lowest BCUT2D eigenvalue weighted by molar-refractivity contribution is 0.358. The molecule has 1 rings (SSSR count). The lowest BCUT2D eigenvalue weighted by Gasteiger charge is -2.20. The molecule has 1 heterocycles. The zero-order valence-electron chi connectivity index (χ0n) is 11.5. The zero-order chi connectivity index (χ0) is 12.5. The minimum Gasteiger partial charge on any atom is -0.468 e. The Kier molecular flexibility index (Phi) is 7.02. The Labute approximate surface area is 106 Å². The molecule has 0 amide bonds. The van der Waals surface area contributed by atoms with Gasteiger partial charge in [-0.2, -0.15) is 0 Å². The summed E-state index contributed by atoms with van der Waals surface area (Å²) in [5.74, 6) is 1.06. The Hall–Kier alpha value is -0.760. The van der Waals surface area contributed by atoms with Crippen molar-refractivity contribution < 1.29 is 4.42 Å². The Balaban J connectivity index is 2.26. The van der Waals surface area contributed by atoms with E-state index in [0.717, 1.165) is 12.2 Å². The van der Waals surface area contributed by atoms with Gasteiger partial charge in [-0.25, -0.2) is 0 Å². The maximum Gasteiger partial charge on any atom is 0.120 e. The molecular formula is C15H27NO. The first-order valence-electron chi connectivity index (χ1n) is 7.07. The zero-order valence-corrected chi connectivity index (χ0v) is 11.5. The van der Waals surface area contributed by atoms with E-state index in [1.807, 2.05) is 6.07 Å². The van der Waals surface area contributed by atoms with Gasteiger partial charge in [0.05, 0.1) is 12.3 Å². The van der Waals surface area contributed by atoms with Crippen LogP contribution in [0.25, 0.3) is 0 Å². The van der Waals surface area contributed by atoms with Gasteiger partial charge in [-0.05, 0) is 31.9 Å². The Morgan fingerprint density at radius 3 is 2.65 bits per heavy atom. The van der Waals surface area contributed by atoms with E-state index in [1.54, 1.807) is 6.26 Å². The SMILES string of the molecule is CCCCCCC(C)NC(CC)c1ccco1. The van der Waals surface area contributed by atoms with Crippen LogP contribution in [-0.2, 0) is 0 Å². The molecule has 0 bridgehead atoms. The minimum atomic E-state index is 0.367. The largest absolute Gasteiger partial charge is 0.468 e. The van der Waals surface area contributed by atoms with Crippen molar-refractivity contribution in [1.29, 1.82) is 0 Å². The van der Waals surface area contributed by atoms with Gasteiger partial charge in [0.25, 0.3) is 0 Å². The van der Waals surface area contributed by atoms with Crippen molar-refractivity contribution in [2.75, 3.05) is 0 Å². The quantitative estimate of drug-likeness (QED) is 0.631. The third-order valence-corrected chi connectivity index (χ3v) is 3.27. The van der Waals surface area contributed by atoms with E-state index >= 15 is 0 Å². The molecule has 0 aliphatic carbocycles. The molecule has 0 aliphatic rings. The van der Waals surface area contributed by atoms with Crippen molar-refractivity contribution in [3.63, 3.8) is 0 Å². The van der Waals surface area contributed by atoms with Crippen molar-refractivity contribution in [1.82, 2.24) is 5.32 Å². The predicted octanol–water partition coefficient (Wildman–Crippen LogP) is 4.68. The summed E-state index contributed by atoms with van der Waals surface area (Å²) >= 11 is 0. The van der Waals surface area contributed by atoms with Crippen LogP contribution in [0.2, 0.25) is 0 Å². The molecule has 2 atom stereocenters. The van der Waals surface area contributed by atoms with Gasteiger partial charge in [0, 0.05) is 6.04 Å². The average Bonchev–Trinajstić information content (AvgIpc) is 2.85. The first-order chi connectivity index (χ1) is 8.27. The summed E-state index contributed by atoms with van der Waals surface area (Å²) in [5.41, 5.74) is 0. The topological polar surface area (TPSA) is 25.2 Å². The smallest absolute Gasteiger partial charge is 0.120 e. The van der Waals surface area contributed by atoms with E-state index in [-0.39, 0.29) is 0 Å². The number of rotatable bonds is 9. The van der Waals surface area contributed by atoms with Crippen molar-refractivity contribution in [2.24, 2.45) is 0 Å². The second-order valence-corrected chi connectivity index (χ2v) is 4.89. The molecule has 0 aliphatic heterocycles. The standard InChI is InChI=1S/C15H27NO/c1-4-6-7-8-10-13(3)16-14(5-2)15-11-9-12-17-15/h9,11-14,16H,4-8,10H2,1-3H3. The first kappa shape index (κ1) is 14.3. The molecule has 17 heavy (non-hydrogen) atoms. The highest BCUT2D eigenvalue weighted by molar-refractivity contribution is 5.04. The van der Waals surface area contributed by atoms with E-state index < -0.39 is 0 Å². The number of hydrogen-bond acceptors (Lipinski definition) is 2. The molecule has 1 aromatic rings. The van der Waals surface area contributed by atoms with Crippen LogP contribution < -0.4 is 5.32 Å². The second kappa shape index (κ2) is 8.35. The van der Waals surface area contributed by atoms with E-state index in [9.17, 15) is 0 Å². The summed E-state index contributed by atoms with van der Waals surface area (Å²) in [7, 11) is 0. The van der Waals surface area contributed by atoms with Crippen LogP contribution in [0.3, 0.4) is 0 Å². The van der Waals surface area contributed by atoms with E-state index in [0.29, 0.717) is 12.1 Å². The van der Waals surface area contributed by atoms with E-state index in [1.165, 1.54) is 32.1 Å². The molecule has 0 aromatic carbocycles. The molecule has 0 spiro atoms. The summed E-state index contributed by atoms with van der Waals surface area (Å²) in [4.78, 5) is 0. The fourth-order valence-corrected chi connectivity index (χ4v) is 2.19. The molecule has 0 saturated carbocycles. The molecule has 98 valence electrons. The van der Waals surface area contributed by atoms with Crippen LogP contribution in [-0.4, -0.2) is 6.04 Å². The van der Waals surface area contributed by atoms with Crippen LogP contribution in [0.1, 0.15) is 71.1 Å². The van der Waals surface area contributed by atoms with Gasteiger partial charge >= 0.3 is 0 Å². The monoisotopic (exact) mass is 237 g/mol. The Morgan fingerprint density at radius 1 is 1.24 bits per heavy atom. The van der Waals surface area contributed by atoms with Gasteiger partial charge in [0.15, 0.2) is 0 Å². The third kappa shape index (κ3) is 5.40. The maximum absolute atomic E-state index is 5.47. The van der Waals surface area contributed by atoms with Crippen LogP contribution >= 0.6 is 0 Å². The van der Waals surface area contributed by atoms with Crippen LogP contribution in [0, 0.1) is 0 Å². The van der Waals surface area contributed by atoms with Crippen molar-refractivity contribution in [3.05, 3.63) is 24.2 Å². The fourth-order valence-electron chi connectivity index (χ4n) is 2.19. The highest BCUT2D eigenvalue weighted by Gasteiger charge is 2.14. The number of unbranched alkanes of at least 4 members (excludes halogenated alkanes) is 3. The van der Waals surface area contributed by atoms with Gasteiger partial charge in [0.1, 0.15) is 5.76 Å². The van der Waals surface area contributed by atoms with Crippen molar-refractivity contribution in [3.8, 4) is 0 Å². The number of nitrogens with one attached hydrogen (secondary N) is 1. The lowest BCUT2D eigenvalue weighted by atomic mass is 10.1. The minimum absolute atomic E-state index is 0.367. The second-order valence-electron chi connectivity index (χ2n) is 4.89. The average molecular weight is 237 g/mol. The van der Waals surface area contributed by atoms with Gasteiger partial charge in [-0.3, -0.25) is 0 Å². The number of furan rings is 1. The molecule has 2 heteroatoms. The highest BCUT2D eigenvalue weighted by atomic mass is 16.3. The van der Waals surface area contributed by atoms with Crippen LogP contribution in [0.5, 0.6) is 0 Å². The Bertz CT molecular complexity index is 268. The molecule has 0 radical (unpaired) electrons. The fraction of sp³-hybridized carbons (Fsp3) is 0.733. The summed E-state index contributed by atoms with van der Waals surface area (Å²) in [5, 5.41) is 3.65. The molecule has 2 unspecified atom stereocenters. The predicted molar refractivity (Wildman–Crippen MR) is 73.1 cm³/mol. The molecule has 2 nitrogen and oxygen atoms in total. The maximum atomic E-state index is 5.47. The summed E-state index contributed by atoms with van der Waals surface area (Å²) in [6, 6.07) is 4.96. The van der Waals surface area contributed by atoms with Gasteiger partial charge < -0.3 is 9.73 Å². The van der Waals surface area contributed by atoms with Gasteiger partial charge in [-0.15, -0.1) is 0 Å². The molecular weight excluding hydrogens is 210 g/mol. The third-order valence-electron chi connectivity index (χ3n) is 3.27. The highest BCUT2D eigenvalue weighted by Crippen LogP contribution is 2.18. The summed E-state index contributed by atoms with van der Waals surface area (Å²) in [6.07, 6.45) is 9.46. The molecule has 1 aromatic heterocycles. The number of hydrogen-bond donors (Lipinski definition) is 1. The molecule has 0 fully saturated rings. The van der Waals surface area contributed by atoms with Crippen molar-refractivity contribution in [2.45, 2.75) is 71.4 Å². The van der Waals surface area contributed by atoms with Crippen molar-refractivity contribution >= 4 is 0 Å². The van der Waals surface area contributed by atoms with Gasteiger partial charge in [-0.1, -0.05) is 39.5 Å².